The van der Waals surface area contributed by atoms with Crippen LogP contribution >= 0.6 is 0 Å². The van der Waals surface area contributed by atoms with Gasteiger partial charge in [0, 0.05) is 6.42 Å². The largest absolute Gasteiger partial charge is 0.373 e. The summed E-state index contributed by atoms with van der Waals surface area (Å²) in [6.07, 6.45) is -3.32. The van der Waals surface area contributed by atoms with Gasteiger partial charge >= 0.3 is 5.97 Å². The van der Waals surface area contributed by atoms with Gasteiger partial charge in [0.2, 0.25) is 12.2 Å². The fraction of sp³-hybridized carbons (Fsp3) is 0.476. The van der Waals surface area contributed by atoms with Crippen LogP contribution in [0.4, 0.5) is 0 Å². The molecule has 1 atom stereocenters. The molecule has 0 fully saturated rings. The number of ketones is 4. The Morgan fingerprint density at radius 2 is 1.27 bits per heavy atom. The molecule has 1 unspecified atom stereocenters. The molecule has 0 saturated carbocycles. The van der Waals surface area contributed by atoms with E-state index in [1.54, 1.807) is 20.8 Å². The third-order valence-corrected chi connectivity index (χ3v) is 3.58. The predicted molar refractivity (Wildman–Crippen MR) is 103 cm³/mol. The third-order valence-electron chi connectivity index (χ3n) is 3.58. The van der Waals surface area contributed by atoms with Crippen molar-refractivity contribution >= 4 is 29.1 Å². The van der Waals surface area contributed by atoms with Crippen LogP contribution in [-0.4, -0.2) is 46.9 Å². The Labute approximate surface area is 174 Å². The molecule has 0 aliphatic heterocycles. The molecule has 0 aliphatic carbocycles. The van der Waals surface area contributed by atoms with Gasteiger partial charge in [-0.15, -0.1) is 0 Å². The van der Waals surface area contributed by atoms with Crippen molar-refractivity contribution in [3.05, 3.63) is 35.4 Å². The molecule has 1 aromatic rings. The first-order valence-corrected chi connectivity index (χ1v) is 9.17. The molecular weight excluding hydrogens is 396 g/mol. The van der Waals surface area contributed by atoms with E-state index >= 15 is 0 Å². The fourth-order valence-electron chi connectivity index (χ4n) is 2.14. The van der Waals surface area contributed by atoms with Crippen molar-refractivity contribution in [1.29, 1.82) is 0 Å². The van der Waals surface area contributed by atoms with Crippen molar-refractivity contribution in [3.63, 3.8) is 0 Å². The maximum atomic E-state index is 12.4. The van der Waals surface area contributed by atoms with Gasteiger partial charge in [-0.1, -0.05) is 12.1 Å². The number of benzene rings is 1. The van der Waals surface area contributed by atoms with Crippen LogP contribution in [0.2, 0.25) is 0 Å². The van der Waals surface area contributed by atoms with Crippen LogP contribution in [0, 0.1) is 0 Å². The molecule has 0 amide bonds. The molecule has 0 N–H and O–H groups in total. The molecule has 0 radical (unpaired) electrons. The zero-order chi connectivity index (χ0) is 23.1. The van der Waals surface area contributed by atoms with Crippen LogP contribution in [0.15, 0.2) is 24.3 Å². The quantitative estimate of drug-likeness (QED) is 0.300. The zero-order valence-corrected chi connectivity index (χ0v) is 17.8. The highest BCUT2D eigenvalue weighted by Gasteiger charge is 2.29. The van der Waals surface area contributed by atoms with E-state index < -0.39 is 46.9 Å². The fourth-order valence-corrected chi connectivity index (χ4v) is 2.14. The Bertz CT molecular complexity index is 789. The van der Waals surface area contributed by atoms with E-state index in [-0.39, 0.29) is 12.0 Å². The monoisotopic (exact) mass is 422 g/mol. The van der Waals surface area contributed by atoms with Crippen molar-refractivity contribution in [2.45, 2.75) is 65.8 Å². The maximum absolute atomic E-state index is 12.4. The summed E-state index contributed by atoms with van der Waals surface area (Å²) in [6, 6.07) is 5.91. The predicted octanol–water partition coefficient (Wildman–Crippen LogP) is 2.14. The lowest BCUT2D eigenvalue weighted by Crippen LogP contribution is -2.37. The first kappa shape index (κ1) is 25.3. The Morgan fingerprint density at radius 1 is 0.800 bits per heavy atom. The molecule has 1 rings (SSSR count). The highest BCUT2D eigenvalue weighted by molar-refractivity contribution is 6.05. The summed E-state index contributed by atoms with van der Waals surface area (Å²) in [5.41, 5.74) is 0.0528. The topological polar surface area (TPSA) is 122 Å². The van der Waals surface area contributed by atoms with Gasteiger partial charge in [-0.3, -0.25) is 24.1 Å². The number of hydrogen-bond acceptors (Lipinski definition) is 9. The smallest absolute Gasteiger partial charge is 0.296 e. The van der Waals surface area contributed by atoms with Crippen molar-refractivity contribution in [2.75, 3.05) is 0 Å². The Balaban J connectivity index is 2.76. The summed E-state index contributed by atoms with van der Waals surface area (Å²) >= 11 is 0. The van der Waals surface area contributed by atoms with Crippen LogP contribution in [-0.2, 0) is 45.1 Å². The lowest BCUT2D eigenvalue weighted by molar-refractivity contribution is -0.320. The normalized spacial score (nSPS) is 12.4. The molecular formula is C21H26O9. The molecule has 30 heavy (non-hydrogen) atoms. The van der Waals surface area contributed by atoms with Gasteiger partial charge in [-0.25, -0.2) is 14.6 Å². The van der Waals surface area contributed by atoms with Gasteiger partial charge in [0.25, 0.3) is 0 Å². The lowest BCUT2D eigenvalue weighted by atomic mass is 10.0. The third kappa shape index (κ3) is 8.32. The maximum Gasteiger partial charge on any atom is 0.373 e. The molecule has 0 aromatic heterocycles. The van der Waals surface area contributed by atoms with Crippen LogP contribution < -0.4 is 0 Å². The van der Waals surface area contributed by atoms with E-state index in [1.807, 2.05) is 0 Å². The lowest BCUT2D eigenvalue weighted by Gasteiger charge is -2.17. The second-order valence-electron chi connectivity index (χ2n) is 7.69. The van der Waals surface area contributed by atoms with Crippen LogP contribution in [0.3, 0.4) is 0 Å². The zero-order valence-electron chi connectivity index (χ0n) is 17.8. The highest BCUT2D eigenvalue weighted by Crippen LogP contribution is 2.13. The van der Waals surface area contributed by atoms with E-state index in [0.717, 1.165) is 20.8 Å². The minimum Gasteiger partial charge on any atom is -0.296 e. The first-order valence-electron chi connectivity index (χ1n) is 9.17. The first-order chi connectivity index (χ1) is 13.8. The second-order valence-corrected chi connectivity index (χ2v) is 7.69. The van der Waals surface area contributed by atoms with Crippen LogP contribution in [0.25, 0.3) is 0 Å². The minimum atomic E-state index is -1.60. The number of carbonyl (C=O) groups is 5. The summed E-state index contributed by atoms with van der Waals surface area (Å²) in [5.74, 6) is -3.21. The summed E-state index contributed by atoms with van der Waals surface area (Å²) in [4.78, 5) is 78.1. The van der Waals surface area contributed by atoms with Gasteiger partial charge in [0.1, 0.15) is 5.60 Å². The van der Waals surface area contributed by atoms with E-state index in [9.17, 15) is 24.0 Å². The second kappa shape index (κ2) is 10.9. The van der Waals surface area contributed by atoms with E-state index in [4.69, 9.17) is 19.6 Å². The van der Waals surface area contributed by atoms with Gasteiger partial charge in [0.15, 0.2) is 23.1 Å². The van der Waals surface area contributed by atoms with Crippen LogP contribution in [0.1, 0.15) is 57.5 Å². The molecule has 1 aromatic carbocycles. The highest BCUT2D eigenvalue weighted by atomic mass is 17.2. The van der Waals surface area contributed by atoms with Gasteiger partial charge in [0.05, 0.1) is 5.56 Å². The van der Waals surface area contributed by atoms with E-state index in [1.165, 1.54) is 24.3 Å². The molecule has 164 valence electrons. The number of hydrogen-bond donors (Lipinski definition) is 0. The average Bonchev–Trinajstić information content (AvgIpc) is 2.62. The average molecular weight is 422 g/mol. The Hall–Kier alpha value is -2.75. The van der Waals surface area contributed by atoms with E-state index in [0.29, 0.717) is 5.56 Å². The summed E-state index contributed by atoms with van der Waals surface area (Å²) < 4.78 is 0. The van der Waals surface area contributed by atoms with E-state index in [2.05, 4.69) is 0 Å². The summed E-state index contributed by atoms with van der Waals surface area (Å²) in [7, 11) is 0. The standard InChI is InChI=1S/C21H26O9/c1-12(22)18(13(2)23)27-28-19(14(3)24)17(25)11-15-7-9-16(10-8-15)20(26)29-30-21(4,5)6/h7-10,18-19H,11H2,1-6H3. The molecule has 0 bridgehead atoms. The van der Waals surface area contributed by atoms with Gasteiger partial charge in [-0.2, -0.15) is 4.89 Å². The van der Waals surface area contributed by atoms with Crippen molar-refractivity contribution in [2.24, 2.45) is 0 Å². The molecule has 0 heterocycles. The van der Waals surface area contributed by atoms with Crippen molar-refractivity contribution in [3.8, 4) is 0 Å². The molecule has 0 spiro atoms. The summed E-state index contributed by atoms with van der Waals surface area (Å²) in [5, 5.41) is 0. The summed E-state index contributed by atoms with van der Waals surface area (Å²) in [6.45, 7) is 8.54. The van der Waals surface area contributed by atoms with Crippen molar-refractivity contribution in [1.82, 2.24) is 0 Å². The molecule has 9 heteroatoms. The Morgan fingerprint density at radius 3 is 1.70 bits per heavy atom. The SMILES string of the molecule is CC(=O)C(OOC(C(C)=O)C(=O)Cc1ccc(C(=O)OOC(C)(C)C)cc1)C(C)=O. The van der Waals surface area contributed by atoms with Gasteiger partial charge < -0.3 is 0 Å². The molecule has 9 nitrogen and oxygen atoms in total. The number of carbonyl (C=O) groups excluding carboxylic acids is 5. The van der Waals surface area contributed by atoms with Crippen molar-refractivity contribution < 1.29 is 43.5 Å². The molecule has 0 aliphatic rings. The number of Topliss-reactive ketones (excluding diaryl/α,β-unsaturated/α-hetero) is 4. The number of rotatable bonds is 11. The molecule has 0 saturated heterocycles. The van der Waals surface area contributed by atoms with Gasteiger partial charge in [-0.05, 0) is 59.2 Å². The Kier molecular flexibility index (Phi) is 9.16. The van der Waals surface area contributed by atoms with Crippen LogP contribution in [0.5, 0.6) is 0 Å². The minimum absolute atomic E-state index is 0.202.